The number of ether oxygens (including phenoxy) is 3. The summed E-state index contributed by atoms with van der Waals surface area (Å²) in [4.78, 5) is 0. The van der Waals surface area contributed by atoms with E-state index in [2.05, 4.69) is 0 Å². The van der Waals surface area contributed by atoms with Crippen molar-refractivity contribution in [1.29, 1.82) is 0 Å². The van der Waals surface area contributed by atoms with Gasteiger partial charge in [-0.15, -0.1) is 0 Å². The van der Waals surface area contributed by atoms with Crippen LogP contribution in [-0.4, -0.2) is 25.9 Å². The highest BCUT2D eigenvalue weighted by Crippen LogP contribution is 2.22. The number of anilines is 1. The first-order chi connectivity index (χ1) is 8.42. The molecular formula is C14H23NO3. The Morgan fingerprint density at radius 2 is 1.89 bits per heavy atom. The molecule has 0 aliphatic carbocycles. The zero-order valence-corrected chi connectivity index (χ0v) is 11.7. The first-order valence-corrected chi connectivity index (χ1v) is 6.06. The lowest BCUT2D eigenvalue weighted by atomic mass is 10.2. The fourth-order valence-corrected chi connectivity index (χ4v) is 1.47. The number of nitrogens with two attached hydrogens (primary N) is 1. The van der Waals surface area contributed by atoms with Crippen LogP contribution in [0.3, 0.4) is 0 Å². The summed E-state index contributed by atoms with van der Waals surface area (Å²) in [6, 6.07) is 5.66. The summed E-state index contributed by atoms with van der Waals surface area (Å²) in [5.41, 5.74) is 7.36. The van der Waals surface area contributed by atoms with E-state index in [0.717, 1.165) is 5.56 Å². The Morgan fingerprint density at radius 3 is 2.44 bits per heavy atom. The molecule has 0 bridgehead atoms. The van der Waals surface area contributed by atoms with Crippen LogP contribution < -0.4 is 10.5 Å². The minimum atomic E-state index is -0.117. The van der Waals surface area contributed by atoms with Gasteiger partial charge >= 0.3 is 0 Å². The summed E-state index contributed by atoms with van der Waals surface area (Å²) < 4.78 is 16.2. The molecule has 0 spiro atoms. The topological polar surface area (TPSA) is 53.7 Å². The first kappa shape index (κ1) is 14.8. The van der Waals surface area contributed by atoms with E-state index in [1.165, 1.54) is 0 Å². The lowest BCUT2D eigenvalue weighted by Gasteiger charge is -2.19. The molecule has 0 aliphatic heterocycles. The van der Waals surface area contributed by atoms with Crippen LogP contribution >= 0.6 is 0 Å². The van der Waals surface area contributed by atoms with Crippen LogP contribution in [0.5, 0.6) is 5.75 Å². The van der Waals surface area contributed by atoms with Crippen LogP contribution in [0, 0.1) is 0 Å². The summed E-state index contributed by atoms with van der Waals surface area (Å²) in [5.74, 6) is 0.690. The molecule has 2 N–H and O–H groups in total. The largest absolute Gasteiger partial charge is 0.495 e. The maximum atomic E-state index is 5.81. The van der Waals surface area contributed by atoms with Gasteiger partial charge in [0.1, 0.15) is 5.75 Å². The Bertz CT molecular complexity index is 372. The molecule has 1 aromatic rings. The van der Waals surface area contributed by atoms with Crippen molar-refractivity contribution in [2.24, 2.45) is 0 Å². The number of hydrogen-bond donors (Lipinski definition) is 1. The SMILES string of the molecule is COc1ccc(COCCOC(C)(C)C)cc1N. The average Bonchev–Trinajstić information content (AvgIpc) is 2.27. The van der Waals surface area contributed by atoms with E-state index in [4.69, 9.17) is 19.9 Å². The molecule has 0 aliphatic rings. The van der Waals surface area contributed by atoms with E-state index in [1.807, 2.05) is 39.0 Å². The Kier molecular flexibility index (Phi) is 5.44. The van der Waals surface area contributed by atoms with E-state index in [0.29, 0.717) is 31.3 Å². The maximum absolute atomic E-state index is 5.81. The van der Waals surface area contributed by atoms with Crippen molar-refractivity contribution in [1.82, 2.24) is 0 Å². The molecule has 0 radical (unpaired) electrons. The standard InChI is InChI=1S/C14H23NO3/c1-14(2,3)18-8-7-17-10-11-5-6-13(16-4)12(15)9-11/h5-6,9H,7-8,10,15H2,1-4H3. The van der Waals surface area contributed by atoms with Gasteiger partial charge in [-0.05, 0) is 38.5 Å². The number of benzene rings is 1. The molecule has 4 heteroatoms. The average molecular weight is 253 g/mol. The van der Waals surface area contributed by atoms with Crippen molar-refractivity contribution in [3.05, 3.63) is 23.8 Å². The lowest BCUT2D eigenvalue weighted by Crippen LogP contribution is -2.21. The maximum Gasteiger partial charge on any atom is 0.141 e. The molecule has 102 valence electrons. The fourth-order valence-electron chi connectivity index (χ4n) is 1.47. The minimum absolute atomic E-state index is 0.117. The number of nitrogen functional groups attached to an aromatic ring is 1. The van der Waals surface area contributed by atoms with Gasteiger partial charge in [-0.25, -0.2) is 0 Å². The third-order valence-electron chi connectivity index (χ3n) is 2.33. The van der Waals surface area contributed by atoms with Crippen molar-refractivity contribution >= 4 is 5.69 Å². The highest BCUT2D eigenvalue weighted by Gasteiger charge is 2.09. The quantitative estimate of drug-likeness (QED) is 0.625. The monoisotopic (exact) mass is 253 g/mol. The predicted molar refractivity (Wildman–Crippen MR) is 72.8 cm³/mol. The van der Waals surface area contributed by atoms with Crippen molar-refractivity contribution in [2.45, 2.75) is 33.0 Å². The molecule has 0 amide bonds. The molecule has 0 unspecified atom stereocenters. The second-order valence-electron chi connectivity index (χ2n) is 5.09. The van der Waals surface area contributed by atoms with Crippen LogP contribution in [-0.2, 0) is 16.1 Å². The zero-order chi connectivity index (χ0) is 13.6. The van der Waals surface area contributed by atoms with Gasteiger partial charge in [0.15, 0.2) is 0 Å². The van der Waals surface area contributed by atoms with Gasteiger partial charge in [-0.1, -0.05) is 6.07 Å². The molecule has 4 nitrogen and oxygen atoms in total. The van der Waals surface area contributed by atoms with Crippen molar-refractivity contribution < 1.29 is 14.2 Å². The smallest absolute Gasteiger partial charge is 0.141 e. The molecule has 1 aromatic carbocycles. The van der Waals surface area contributed by atoms with Crippen LogP contribution in [0.4, 0.5) is 5.69 Å². The Hall–Kier alpha value is -1.26. The molecule has 0 heterocycles. The molecule has 0 fully saturated rings. The van der Waals surface area contributed by atoms with Gasteiger partial charge in [0.05, 0.1) is 38.2 Å². The van der Waals surface area contributed by atoms with E-state index in [-0.39, 0.29) is 5.60 Å². The summed E-state index contributed by atoms with van der Waals surface area (Å²) in [6.07, 6.45) is 0. The van der Waals surface area contributed by atoms with Crippen molar-refractivity contribution in [3.63, 3.8) is 0 Å². The van der Waals surface area contributed by atoms with Gasteiger partial charge in [0.2, 0.25) is 0 Å². The number of hydrogen-bond acceptors (Lipinski definition) is 4. The highest BCUT2D eigenvalue weighted by molar-refractivity contribution is 5.54. The molecule has 0 atom stereocenters. The summed E-state index contributed by atoms with van der Waals surface area (Å²) in [5, 5.41) is 0. The van der Waals surface area contributed by atoms with E-state index in [1.54, 1.807) is 7.11 Å². The second kappa shape index (κ2) is 6.61. The van der Waals surface area contributed by atoms with Crippen LogP contribution in [0.25, 0.3) is 0 Å². The number of methoxy groups -OCH3 is 1. The molecule has 18 heavy (non-hydrogen) atoms. The molecule has 1 rings (SSSR count). The van der Waals surface area contributed by atoms with Crippen LogP contribution in [0.2, 0.25) is 0 Å². The third kappa shape index (κ3) is 5.38. The van der Waals surface area contributed by atoms with Crippen LogP contribution in [0.15, 0.2) is 18.2 Å². The molecule has 0 saturated heterocycles. The zero-order valence-electron chi connectivity index (χ0n) is 11.7. The normalized spacial score (nSPS) is 11.6. The Morgan fingerprint density at radius 1 is 1.17 bits per heavy atom. The van der Waals surface area contributed by atoms with E-state index < -0.39 is 0 Å². The molecule has 0 aromatic heterocycles. The van der Waals surface area contributed by atoms with E-state index >= 15 is 0 Å². The Labute approximate surface area is 109 Å². The third-order valence-corrected chi connectivity index (χ3v) is 2.33. The van der Waals surface area contributed by atoms with Gasteiger partial charge in [0.25, 0.3) is 0 Å². The van der Waals surface area contributed by atoms with E-state index in [9.17, 15) is 0 Å². The highest BCUT2D eigenvalue weighted by atomic mass is 16.5. The van der Waals surface area contributed by atoms with Gasteiger partial charge in [-0.2, -0.15) is 0 Å². The number of rotatable bonds is 6. The van der Waals surface area contributed by atoms with Gasteiger partial charge in [-0.3, -0.25) is 0 Å². The fraction of sp³-hybridized carbons (Fsp3) is 0.571. The first-order valence-electron chi connectivity index (χ1n) is 6.06. The molecular weight excluding hydrogens is 230 g/mol. The van der Waals surface area contributed by atoms with Crippen molar-refractivity contribution in [3.8, 4) is 5.75 Å². The Balaban J connectivity index is 2.29. The van der Waals surface area contributed by atoms with Gasteiger partial charge < -0.3 is 19.9 Å². The van der Waals surface area contributed by atoms with Gasteiger partial charge in [0, 0.05) is 0 Å². The lowest BCUT2D eigenvalue weighted by molar-refractivity contribution is -0.0376. The summed E-state index contributed by atoms with van der Waals surface area (Å²) in [7, 11) is 1.60. The minimum Gasteiger partial charge on any atom is -0.495 e. The second-order valence-corrected chi connectivity index (χ2v) is 5.09. The predicted octanol–water partition coefficient (Wildman–Crippen LogP) is 2.61. The summed E-state index contributed by atoms with van der Waals surface area (Å²) >= 11 is 0. The van der Waals surface area contributed by atoms with Crippen LogP contribution in [0.1, 0.15) is 26.3 Å². The summed E-state index contributed by atoms with van der Waals surface area (Å²) in [6.45, 7) is 7.77. The van der Waals surface area contributed by atoms with Crippen molar-refractivity contribution in [2.75, 3.05) is 26.1 Å². The molecule has 0 saturated carbocycles.